The van der Waals surface area contributed by atoms with Crippen LogP contribution in [0.5, 0.6) is 0 Å². The normalized spacial score (nSPS) is 16.1. The smallest absolute Gasteiger partial charge is 0.270 e. The maximum absolute atomic E-state index is 12.9. The number of fused-ring (bicyclic) bond motifs is 1. The topological polar surface area (TPSA) is 78.3 Å². The lowest BCUT2D eigenvalue weighted by Gasteiger charge is -2.36. The summed E-state index contributed by atoms with van der Waals surface area (Å²) >= 11 is 0. The van der Waals surface area contributed by atoms with Crippen molar-refractivity contribution in [3.05, 3.63) is 72.2 Å². The first-order chi connectivity index (χ1) is 14.7. The standard InChI is InChI=1S/C23H23N5O2/c1-16(21-25-26-22(30-21)17-7-3-2-4-8-17)27-11-13-28(14-12-27)23(29)20-15-18-9-5-6-10-19(18)24-20/h2-10,15-16,24H,11-14H2,1H3. The van der Waals surface area contributed by atoms with Crippen LogP contribution in [0.4, 0.5) is 0 Å². The van der Waals surface area contributed by atoms with Gasteiger partial charge < -0.3 is 14.3 Å². The van der Waals surface area contributed by atoms with Crippen LogP contribution < -0.4 is 0 Å². The molecule has 2 aromatic carbocycles. The molecule has 1 atom stereocenters. The van der Waals surface area contributed by atoms with E-state index < -0.39 is 0 Å². The number of aromatic nitrogens is 3. The Labute approximate surface area is 174 Å². The minimum Gasteiger partial charge on any atom is -0.419 e. The second-order valence-electron chi connectivity index (χ2n) is 7.59. The van der Waals surface area contributed by atoms with E-state index in [0.29, 0.717) is 30.6 Å². The van der Waals surface area contributed by atoms with Crippen molar-refractivity contribution in [2.75, 3.05) is 26.2 Å². The maximum atomic E-state index is 12.9. The molecular formula is C23H23N5O2. The zero-order chi connectivity index (χ0) is 20.5. The lowest BCUT2D eigenvalue weighted by molar-refractivity contribution is 0.0554. The Kier molecular flexibility index (Phi) is 4.80. The monoisotopic (exact) mass is 401 g/mol. The molecule has 3 heterocycles. The van der Waals surface area contributed by atoms with E-state index in [0.717, 1.165) is 29.6 Å². The van der Waals surface area contributed by atoms with E-state index in [1.807, 2.05) is 65.6 Å². The molecule has 0 saturated carbocycles. The average Bonchev–Trinajstić information content (AvgIpc) is 3.46. The molecule has 7 nitrogen and oxygen atoms in total. The maximum Gasteiger partial charge on any atom is 0.270 e. The third kappa shape index (κ3) is 3.48. The molecule has 5 rings (SSSR count). The van der Waals surface area contributed by atoms with Crippen molar-refractivity contribution in [1.29, 1.82) is 0 Å². The SMILES string of the molecule is CC(c1nnc(-c2ccccc2)o1)N1CCN(C(=O)c2cc3ccccc3[nH]2)CC1. The van der Waals surface area contributed by atoms with Crippen LogP contribution in [0.15, 0.2) is 65.1 Å². The number of para-hydroxylation sites is 1. The second kappa shape index (κ2) is 7.76. The summed E-state index contributed by atoms with van der Waals surface area (Å²) in [6.45, 7) is 4.92. The van der Waals surface area contributed by atoms with Gasteiger partial charge in [0.1, 0.15) is 5.69 Å². The molecule has 1 fully saturated rings. The summed E-state index contributed by atoms with van der Waals surface area (Å²) < 4.78 is 5.91. The van der Waals surface area contributed by atoms with E-state index in [9.17, 15) is 4.79 Å². The van der Waals surface area contributed by atoms with E-state index in [2.05, 4.69) is 27.0 Å². The molecule has 1 aliphatic heterocycles. The van der Waals surface area contributed by atoms with Crippen LogP contribution in [-0.2, 0) is 0 Å². The van der Waals surface area contributed by atoms with Crippen molar-refractivity contribution in [1.82, 2.24) is 25.0 Å². The first kappa shape index (κ1) is 18.6. The van der Waals surface area contributed by atoms with Gasteiger partial charge in [0, 0.05) is 42.6 Å². The van der Waals surface area contributed by atoms with Gasteiger partial charge in [0.2, 0.25) is 11.8 Å². The zero-order valence-electron chi connectivity index (χ0n) is 16.8. The van der Waals surface area contributed by atoms with Crippen LogP contribution in [0.1, 0.15) is 29.3 Å². The van der Waals surface area contributed by atoms with Crippen molar-refractivity contribution >= 4 is 16.8 Å². The first-order valence-electron chi connectivity index (χ1n) is 10.2. The van der Waals surface area contributed by atoms with Gasteiger partial charge in [-0.15, -0.1) is 10.2 Å². The molecule has 1 amide bonds. The summed E-state index contributed by atoms with van der Waals surface area (Å²) in [5.41, 5.74) is 2.54. The minimum atomic E-state index is 0.000269. The van der Waals surface area contributed by atoms with E-state index >= 15 is 0 Å². The lowest BCUT2D eigenvalue weighted by Crippen LogP contribution is -2.49. The number of carbonyl (C=O) groups is 1. The van der Waals surface area contributed by atoms with Gasteiger partial charge in [-0.3, -0.25) is 9.69 Å². The molecule has 0 aliphatic carbocycles. The van der Waals surface area contributed by atoms with Crippen molar-refractivity contribution in [2.45, 2.75) is 13.0 Å². The highest BCUT2D eigenvalue weighted by atomic mass is 16.4. The number of nitrogens with zero attached hydrogens (tertiary/aromatic N) is 4. The molecule has 30 heavy (non-hydrogen) atoms. The summed E-state index contributed by atoms with van der Waals surface area (Å²) in [5, 5.41) is 9.50. The van der Waals surface area contributed by atoms with Gasteiger partial charge in [0.15, 0.2) is 0 Å². The number of benzene rings is 2. The van der Waals surface area contributed by atoms with Gasteiger partial charge >= 0.3 is 0 Å². The Morgan fingerprint density at radius 3 is 2.50 bits per heavy atom. The molecule has 4 aromatic rings. The van der Waals surface area contributed by atoms with Gasteiger partial charge in [0.05, 0.1) is 6.04 Å². The fraction of sp³-hybridized carbons (Fsp3) is 0.261. The number of rotatable bonds is 4. The van der Waals surface area contributed by atoms with E-state index in [1.165, 1.54) is 0 Å². The highest BCUT2D eigenvalue weighted by molar-refractivity contribution is 5.98. The Morgan fingerprint density at radius 2 is 1.73 bits per heavy atom. The highest BCUT2D eigenvalue weighted by Gasteiger charge is 2.28. The summed E-state index contributed by atoms with van der Waals surface area (Å²) in [6, 6.07) is 19.6. The summed E-state index contributed by atoms with van der Waals surface area (Å²) in [5.74, 6) is 1.18. The Bertz CT molecular complexity index is 1130. The molecule has 1 unspecified atom stereocenters. The molecular weight excluding hydrogens is 378 g/mol. The van der Waals surface area contributed by atoms with Gasteiger partial charge in [-0.25, -0.2) is 0 Å². The van der Waals surface area contributed by atoms with Gasteiger partial charge in [-0.2, -0.15) is 0 Å². The van der Waals surface area contributed by atoms with E-state index in [-0.39, 0.29) is 11.9 Å². The first-order valence-corrected chi connectivity index (χ1v) is 10.2. The molecule has 1 N–H and O–H groups in total. The number of nitrogens with one attached hydrogen (secondary N) is 1. The van der Waals surface area contributed by atoms with Crippen molar-refractivity contribution in [3.63, 3.8) is 0 Å². The van der Waals surface area contributed by atoms with Crippen LogP contribution in [0.25, 0.3) is 22.4 Å². The van der Waals surface area contributed by atoms with Crippen molar-refractivity contribution in [3.8, 4) is 11.5 Å². The lowest BCUT2D eigenvalue weighted by atomic mass is 10.2. The van der Waals surface area contributed by atoms with Crippen LogP contribution in [0.3, 0.4) is 0 Å². The van der Waals surface area contributed by atoms with Crippen LogP contribution in [0, 0.1) is 0 Å². The fourth-order valence-corrected chi connectivity index (χ4v) is 3.93. The average molecular weight is 401 g/mol. The summed E-state index contributed by atoms with van der Waals surface area (Å²) in [6.07, 6.45) is 0. The van der Waals surface area contributed by atoms with Crippen LogP contribution in [-0.4, -0.2) is 57.1 Å². The number of carbonyl (C=O) groups excluding carboxylic acids is 1. The van der Waals surface area contributed by atoms with Gasteiger partial charge in [-0.05, 0) is 31.2 Å². The van der Waals surface area contributed by atoms with Crippen LogP contribution in [0.2, 0.25) is 0 Å². The largest absolute Gasteiger partial charge is 0.419 e. The quantitative estimate of drug-likeness (QED) is 0.564. The molecule has 1 aliphatic rings. The number of hydrogen-bond acceptors (Lipinski definition) is 5. The number of amides is 1. The van der Waals surface area contributed by atoms with Crippen molar-refractivity contribution < 1.29 is 9.21 Å². The minimum absolute atomic E-state index is 0.000269. The highest BCUT2D eigenvalue weighted by Crippen LogP contribution is 2.25. The number of H-pyrrole nitrogens is 1. The Balaban J connectivity index is 1.23. The molecule has 1 saturated heterocycles. The van der Waals surface area contributed by atoms with Gasteiger partial charge in [-0.1, -0.05) is 36.4 Å². The number of piperazine rings is 1. The van der Waals surface area contributed by atoms with Crippen LogP contribution >= 0.6 is 0 Å². The molecule has 0 bridgehead atoms. The summed E-state index contributed by atoms with van der Waals surface area (Å²) in [7, 11) is 0. The third-order valence-corrected chi connectivity index (χ3v) is 5.73. The number of hydrogen-bond donors (Lipinski definition) is 1. The molecule has 7 heteroatoms. The molecule has 0 radical (unpaired) electrons. The Morgan fingerprint density at radius 1 is 1.00 bits per heavy atom. The van der Waals surface area contributed by atoms with E-state index in [4.69, 9.17) is 4.42 Å². The van der Waals surface area contributed by atoms with E-state index in [1.54, 1.807) is 0 Å². The van der Waals surface area contributed by atoms with Crippen molar-refractivity contribution in [2.24, 2.45) is 0 Å². The third-order valence-electron chi connectivity index (χ3n) is 5.73. The zero-order valence-corrected chi connectivity index (χ0v) is 16.8. The predicted molar refractivity (Wildman–Crippen MR) is 114 cm³/mol. The number of aromatic amines is 1. The Hall–Kier alpha value is -3.45. The second-order valence-corrected chi connectivity index (χ2v) is 7.59. The predicted octanol–water partition coefficient (Wildman–Crippen LogP) is 3.74. The summed E-state index contributed by atoms with van der Waals surface area (Å²) in [4.78, 5) is 20.3. The molecule has 2 aromatic heterocycles. The fourth-order valence-electron chi connectivity index (χ4n) is 3.93. The van der Waals surface area contributed by atoms with Gasteiger partial charge in [0.25, 0.3) is 5.91 Å². The molecule has 152 valence electrons. The molecule has 0 spiro atoms.